The van der Waals surface area contributed by atoms with E-state index in [9.17, 15) is 8.78 Å². The van der Waals surface area contributed by atoms with Crippen LogP contribution in [-0.2, 0) is 19.6 Å². The largest absolute Gasteiger partial charge is 0.317 e. The van der Waals surface area contributed by atoms with Crippen LogP contribution in [0.15, 0.2) is 30.6 Å². The summed E-state index contributed by atoms with van der Waals surface area (Å²) in [6.45, 7) is 4.06. The van der Waals surface area contributed by atoms with Gasteiger partial charge in [-0.15, -0.1) is 10.2 Å². The van der Waals surface area contributed by atoms with Crippen LogP contribution in [0.2, 0.25) is 0 Å². The third-order valence-electron chi connectivity index (χ3n) is 2.88. The minimum absolute atomic E-state index is 0.0504. The fourth-order valence-corrected chi connectivity index (χ4v) is 1.78. The van der Waals surface area contributed by atoms with Crippen LogP contribution in [0.3, 0.4) is 0 Å². The van der Waals surface area contributed by atoms with Gasteiger partial charge in [-0.2, -0.15) is 0 Å². The molecule has 0 amide bonds. The molecule has 0 fully saturated rings. The maximum absolute atomic E-state index is 12.4. The molecule has 102 valence electrons. The Hall–Kier alpha value is -1.82. The Balaban J connectivity index is 1.85. The van der Waals surface area contributed by atoms with Crippen molar-refractivity contribution in [1.82, 2.24) is 20.1 Å². The van der Waals surface area contributed by atoms with Crippen molar-refractivity contribution >= 4 is 0 Å². The van der Waals surface area contributed by atoms with E-state index in [-0.39, 0.29) is 5.56 Å². The molecule has 1 heterocycles. The smallest absolute Gasteiger partial charge is 0.263 e. The molecule has 19 heavy (non-hydrogen) atoms. The number of benzene rings is 1. The first-order chi connectivity index (χ1) is 9.20. The Bertz CT molecular complexity index is 508. The Morgan fingerprint density at radius 3 is 2.58 bits per heavy atom. The van der Waals surface area contributed by atoms with E-state index in [1.807, 2.05) is 11.5 Å². The summed E-state index contributed by atoms with van der Waals surface area (Å²) in [6.07, 6.45) is -0.723. The third kappa shape index (κ3) is 3.57. The highest BCUT2D eigenvalue weighted by Gasteiger charge is 2.06. The van der Waals surface area contributed by atoms with Gasteiger partial charge >= 0.3 is 0 Å². The SMILES string of the molecule is CCn1cnnc1CNCc1ccc(C(F)F)cc1. The number of nitrogens with zero attached hydrogens (tertiary/aromatic N) is 3. The normalized spacial score (nSPS) is 11.2. The first-order valence-electron chi connectivity index (χ1n) is 6.15. The van der Waals surface area contributed by atoms with Crippen molar-refractivity contribution in [2.75, 3.05) is 0 Å². The molecule has 0 spiro atoms. The number of aromatic nitrogens is 3. The van der Waals surface area contributed by atoms with Crippen LogP contribution in [-0.4, -0.2) is 14.8 Å². The lowest BCUT2D eigenvalue weighted by atomic mass is 10.1. The molecule has 0 saturated heterocycles. The van der Waals surface area contributed by atoms with Crippen molar-refractivity contribution in [3.63, 3.8) is 0 Å². The second-order valence-corrected chi connectivity index (χ2v) is 4.18. The van der Waals surface area contributed by atoms with E-state index >= 15 is 0 Å². The second-order valence-electron chi connectivity index (χ2n) is 4.18. The van der Waals surface area contributed by atoms with Gasteiger partial charge in [-0.1, -0.05) is 24.3 Å². The zero-order valence-corrected chi connectivity index (χ0v) is 10.7. The van der Waals surface area contributed by atoms with Gasteiger partial charge in [0.25, 0.3) is 6.43 Å². The van der Waals surface area contributed by atoms with Crippen LogP contribution in [0, 0.1) is 0 Å². The Kier molecular flexibility index (Phi) is 4.57. The highest BCUT2D eigenvalue weighted by Crippen LogP contribution is 2.18. The van der Waals surface area contributed by atoms with E-state index in [1.54, 1.807) is 18.5 Å². The topological polar surface area (TPSA) is 42.7 Å². The summed E-state index contributed by atoms with van der Waals surface area (Å²) in [7, 11) is 0. The molecule has 4 nitrogen and oxygen atoms in total. The molecule has 0 unspecified atom stereocenters. The van der Waals surface area contributed by atoms with Gasteiger partial charge in [-0.25, -0.2) is 8.78 Å². The molecule has 1 aromatic carbocycles. The monoisotopic (exact) mass is 266 g/mol. The number of alkyl halides is 2. The fourth-order valence-electron chi connectivity index (χ4n) is 1.78. The van der Waals surface area contributed by atoms with E-state index < -0.39 is 6.43 Å². The van der Waals surface area contributed by atoms with Gasteiger partial charge in [0.05, 0.1) is 6.54 Å². The van der Waals surface area contributed by atoms with Crippen molar-refractivity contribution in [2.24, 2.45) is 0 Å². The zero-order valence-electron chi connectivity index (χ0n) is 10.7. The maximum atomic E-state index is 12.4. The first-order valence-corrected chi connectivity index (χ1v) is 6.15. The van der Waals surface area contributed by atoms with E-state index in [2.05, 4.69) is 15.5 Å². The van der Waals surface area contributed by atoms with Crippen LogP contribution < -0.4 is 5.32 Å². The summed E-state index contributed by atoms with van der Waals surface area (Å²) in [4.78, 5) is 0. The quantitative estimate of drug-likeness (QED) is 0.873. The van der Waals surface area contributed by atoms with Crippen LogP contribution in [0.1, 0.15) is 30.3 Å². The van der Waals surface area contributed by atoms with Crippen molar-refractivity contribution in [3.05, 3.63) is 47.5 Å². The maximum Gasteiger partial charge on any atom is 0.263 e. The summed E-state index contributed by atoms with van der Waals surface area (Å²) in [5.41, 5.74) is 1.02. The van der Waals surface area contributed by atoms with Gasteiger partial charge in [-0.3, -0.25) is 0 Å². The van der Waals surface area contributed by atoms with Crippen LogP contribution in [0.25, 0.3) is 0 Å². The molecule has 0 atom stereocenters. The molecule has 0 bridgehead atoms. The molecule has 0 aliphatic rings. The van der Waals surface area contributed by atoms with Gasteiger partial charge in [-0.05, 0) is 12.5 Å². The van der Waals surface area contributed by atoms with Gasteiger partial charge in [0, 0.05) is 18.7 Å². The predicted octanol–water partition coefficient (Wildman–Crippen LogP) is 2.53. The lowest BCUT2D eigenvalue weighted by Crippen LogP contribution is -2.16. The van der Waals surface area contributed by atoms with E-state index in [1.165, 1.54) is 12.1 Å². The fraction of sp³-hybridized carbons (Fsp3) is 0.385. The number of hydrogen-bond donors (Lipinski definition) is 1. The van der Waals surface area contributed by atoms with Gasteiger partial charge in [0.2, 0.25) is 0 Å². The highest BCUT2D eigenvalue weighted by atomic mass is 19.3. The van der Waals surface area contributed by atoms with Gasteiger partial charge in [0.15, 0.2) is 0 Å². The van der Waals surface area contributed by atoms with Gasteiger partial charge < -0.3 is 9.88 Å². The molecule has 0 saturated carbocycles. The van der Waals surface area contributed by atoms with Crippen molar-refractivity contribution < 1.29 is 8.78 Å². The van der Waals surface area contributed by atoms with Crippen molar-refractivity contribution in [3.8, 4) is 0 Å². The number of hydrogen-bond acceptors (Lipinski definition) is 3. The molecule has 2 rings (SSSR count). The average Bonchev–Trinajstić information content (AvgIpc) is 2.87. The van der Waals surface area contributed by atoms with Gasteiger partial charge in [0.1, 0.15) is 12.2 Å². The third-order valence-corrected chi connectivity index (χ3v) is 2.88. The second kappa shape index (κ2) is 6.38. The van der Waals surface area contributed by atoms with Crippen LogP contribution in [0.5, 0.6) is 0 Å². The van der Waals surface area contributed by atoms with Crippen molar-refractivity contribution in [2.45, 2.75) is 33.0 Å². The number of rotatable bonds is 6. The molecule has 6 heteroatoms. The Labute approximate surface area is 110 Å². The Morgan fingerprint density at radius 1 is 1.21 bits per heavy atom. The number of nitrogens with one attached hydrogen (secondary N) is 1. The minimum Gasteiger partial charge on any atom is -0.317 e. The molecule has 0 aliphatic heterocycles. The van der Waals surface area contributed by atoms with E-state index in [0.29, 0.717) is 13.1 Å². The summed E-state index contributed by atoms with van der Waals surface area (Å²) in [5.74, 6) is 0.867. The minimum atomic E-state index is -2.41. The number of aryl methyl sites for hydroxylation is 1. The molecule has 1 N–H and O–H groups in total. The molecule has 0 aliphatic carbocycles. The zero-order chi connectivity index (χ0) is 13.7. The van der Waals surface area contributed by atoms with E-state index in [0.717, 1.165) is 17.9 Å². The number of halogens is 2. The lowest BCUT2D eigenvalue weighted by molar-refractivity contribution is 0.151. The van der Waals surface area contributed by atoms with Crippen LogP contribution >= 0.6 is 0 Å². The molecule has 1 aromatic heterocycles. The first kappa shape index (κ1) is 13.6. The molecule has 2 aromatic rings. The molecule has 0 radical (unpaired) electrons. The average molecular weight is 266 g/mol. The van der Waals surface area contributed by atoms with Crippen molar-refractivity contribution in [1.29, 1.82) is 0 Å². The molecular weight excluding hydrogens is 250 g/mol. The Morgan fingerprint density at radius 2 is 1.95 bits per heavy atom. The highest BCUT2D eigenvalue weighted by molar-refractivity contribution is 5.23. The van der Waals surface area contributed by atoms with E-state index in [4.69, 9.17) is 0 Å². The summed E-state index contributed by atoms with van der Waals surface area (Å²) >= 11 is 0. The summed E-state index contributed by atoms with van der Waals surface area (Å²) < 4.78 is 26.7. The summed E-state index contributed by atoms with van der Waals surface area (Å²) in [5, 5.41) is 11.1. The standard InChI is InChI=1S/C13H16F2N4/c1-2-19-9-17-18-12(19)8-16-7-10-3-5-11(6-4-10)13(14)15/h3-6,9,13,16H,2,7-8H2,1H3. The predicted molar refractivity (Wildman–Crippen MR) is 67.6 cm³/mol. The molecular formula is C13H16F2N4. The lowest BCUT2D eigenvalue weighted by Gasteiger charge is -2.06. The van der Waals surface area contributed by atoms with Crippen LogP contribution in [0.4, 0.5) is 8.78 Å². The summed E-state index contributed by atoms with van der Waals surface area (Å²) in [6, 6.07) is 6.32.